The molecule has 112 valence electrons. The fraction of sp³-hybridized carbons (Fsp3) is 0.214. The first-order valence-electron chi connectivity index (χ1n) is 6.10. The van der Waals surface area contributed by atoms with Crippen LogP contribution in [-0.4, -0.2) is 12.1 Å². The molecule has 21 heavy (non-hydrogen) atoms. The van der Waals surface area contributed by atoms with Crippen molar-refractivity contribution < 1.29 is 17.9 Å². The summed E-state index contributed by atoms with van der Waals surface area (Å²) in [5.41, 5.74) is 5.37. The van der Waals surface area contributed by atoms with Gasteiger partial charge in [0.2, 0.25) is 0 Å². The van der Waals surface area contributed by atoms with Crippen LogP contribution in [0.25, 0.3) is 0 Å². The Morgan fingerprint density at radius 1 is 1.24 bits per heavy atom. The van der Waals surface area contributed by atoms with Crippen LogP contribution in [0.15, 0.2) is 36.4 Å². The van der Waals surface area contributed by atoms with Crippen molar-refractivity contribution in [1.82, 2.24) is 4.98 Å². The average molecular weight is 297 g/mol. The van der Waals surface area contributed by atoms with Crippen LogP contribution in [0.1, 0.15) is 11.1 Å². The molecule has 1 heterocycles. The molecule has 0 saturated carbocycles. The third kappa shape index (κ3) is 3.77. The second-order valence-electron chi connectivity index (χ2n) is 4.33. The highest BCUT2D eigenvalue weighted by Crippen LogP contribution is 2.31. The summed E-state index contributed by atoms with van der Waals surface area (Å²) < 4.78 is 43.3. The zero-order valence-corrected chi connectivity index (χ0v) is 11.2. The van der Waals surface area contributed by atoms with E-state index in [9.17, 15) is 13.2 Å². The Labute approximate surface area is 119 Å². The summed E-state index contributed by atoms with van der Waals surface area (Å²) in [5.74, 6) is 0.519. The van der Waals surface area contributed by atoms with Crippen molar-refractivity contribution in [1.29, 1.82) is 0 Å². The van der Waals surface area contributed by atoms with Crippen LogP contribution in [0.5, 0.6) is 5.75 Å². The molecule has 0 unspecified atom stereocenters. The smallest absolute Gasteiger partial charge is 0.416 e. The first-order chi connectivity index (χ1) is 9.90. The molecule has 0 bridgehead atoms. The number of aromatic nitrogens is 1. The summed E-state index contributed by atoms with van der Waals surface area (Å²) in [7, 11) is 1.53. The minimum atomic E-state index is -4.46. The van der Waals surface area contributed by atoms with Gasteiger partial charge < -0.3 is 15.8 Å². The molecular weight excluding hydrogens is 283 g/mol. The normalized spacial score (nSPS) is 11.2. The van der Waals surface area contributed by atoms with E-state index in [-0.39, 0.29) is 18.2 Å². The first-order valence-corrected chi connectivity index (χ1v) is 6.10. The molecule has 0 aliphatic heterocycles. The van der Waals surface area contributed by atoms with Crippen LogP contribution in [-0.2, 0) is 12.7 Å². The highest BCUT2D eigenvalue weighted by atomic mass is 19.4. The number of hydrogen-bond donors (Lipinski definition) is 2. The number of hydrogen-bond acceptors (Lipinski definition) is 4. The number of alkyl halides is 3. The van der Waals surface area contributed by atoms with Gasteiger partial charge in [0.15, 0.2) is 0 Å². The second-order valence-corrected chi connectivity index (χ2v) is 4.33. The van der Waals surface area contributed by atoms with Gasteiger partial charge in [-0.25, -0.2) is 4.98 Å². The number of halogens is 3. The number of anilines is 2. The SMILES string of the molecule is COc1ccccc1CNc1cc(C(F)(F)F)cc(N)n1. The fourth-order valence-electron chi connectivity index (χ4n) is 1.84. The number of nitrogens with one attached hydrogen (secondary N) is 1. The number of para-hydroxylation sites is 1. The molecule has 7 heteroatoms. The van der Waals surface area contributed by atoms with Gasteiger partial charge in [0.05, 0.1) is 12.7 Å². The van der Waals surface area contributed by atoms with Crippen LogP contribution in [0.3, 0.4) is 0 Å². The Hall–Kier alpha value is -2.44. The van der Waals surface area contributed by atoms with Crippen molar-refractivity contribution in [3.63, 3.8) is 0 Å². The molecule has 0 atom stereocenters. The topological polar surface area (TPSA) is 60.2 Å². The number of pyridine rings is 1. The Bertz CT molecular complexity index is 629. The Morgan fingerprint density at radius 2 is 1.95 bits per heavy atom. The Kier molecular flexibility index (Phi) is 4.21. The van der Waals surface area contributed by atoms with E-state index >= 15 is 0 Å². The Balaban J connectivity index is 2.19. The average Bonchev–Trinajstić information content (AvgIpc) is 2.44. The van der Waals surface area contributed by atoms with Crippen molar-refractivity contribution in [2.24, 2.45) is 0 Å². The first kappa shape index (κ1) is 15.0. The van der Waals surface area contributed by atoms with Crippen LogP contribution >= 0.6 is 0 Å². The van der Waals surface area contributed by atoms with Crippen LogP contribution in [0, 0.1) is 0 Å². The van der Waals surface area contributed by atoms with E-state index < -0.39 is 11.7 Å². The lowest BCUT2D eigenvalue weighted by Crippen LogP contribution is -2.10. The maximum Gasteiger partial charge on any atom is 0.416 e. The molecule has 0 spiro atoms. The second kappa shape index (κ2) is 5.90. The molecule has 0 saturated heterocycles. The molecule has 0 aliphatic rings. The number of nitrogen functional groups attached to an aromatic ring is 1. The number of ether oxygens (including phenoxy) is 1. The molecule has 3 N–H and O–H groups in total. The number of nitrogens with two attached hydrogens (primary N) is 1. The van der Waals surface area contributed by atoms with Crippen LogP contribution in [0.2, 0.25) is 0 Å². The number of nitrogens with zero attached hydrogens (tertiary/aromatic N) is 1. The highest BCUT2D eigenvalue weighted by Gasteiger charge is 2.31. The lowest BCUT2D eigenvalue weighted by molar-refractivity contribution is -0.137. The molecule has 0 fully saturated rings. The zero-order valence-electron chi connectivity index (χ0n) is 11.2. The number of methoxy groups -OCH3 is 1. The predicted octanol–water partition coefficient (Wildman–Crippen LogP) is 3.30. The Morgan fingerprint density at radius 3 is 2.62 bits per heavy atom. The molecule has 0 amide bonds. The minimum absolute atomic E-state index is 0.0632. The summed E-state index contributed by atoms with van der Waals surface area (Å²) in [6.45, 7) is 0.276. The highest BCUT2D eigenvalue weighted by molar-refractivity contribution is 5.48. The molecule has 0 aliphatic carbocycles. The van der Waals surface area contributed by atoms with E-state index in [0.29, 0.717) is 5.75 Å². The van der Waals surface area contributed by atoms with Crippen molar-refractivity contribution in [3.05, 3.63) is 47.5 Å². The van der Waals surface area contributed by atoms with Crippen molar-refractivity contribution in [3.8, 4) is 5.75 Å². The van der Waals surface area contributed by atoms with E-state index in [0.717, 1.165) is 17.7 Å². The maximum absolute atomic E-state index is 12.7. The largest absolute Gasteiger partial charge is 0.496 e. The van der Waals surface area contributed by atoms with Gasteiger partial charge in [-0.15, -0.1) is 0 Å². The number of rotatable bonds is 4. The molecule has 2 aromatic rings. The van der Waals surface area contributed by atoms with Crippen molar-refractivity contribution in [2.75, 3.05) is 18.2 Å². The van der Waals surface area contributed by atoms with Gasteiger partial charge in [-0.2, -0.15) is 13.2 Å². The summed E-state index contributed by atoms with van der Waals surface area (Å²) in [5, 5.41) is 2.82. The predicted molar refractivity (Wildman–Crippen MR) is 74.0 cm³/mol. The molecule has 1 aromatic heterocycles. The third-order valence-corrected chi connectivity index (χ3v) is 2.82. The van der Waals surface area contributed by atoms with Gasteiger partial charge in [0.25, 0.3) is 0 Å². The standard InChI is InChI=1S/C14H14F3N3O/c1-21-11-5-3-2-4-9(11)8-19-13-7-10(14(15,16)17)6-12(18)20-13/h2-7H,8H2,1H3,(H3,18,19,20). The van der Waals surface area contributed by atoms with Gasteiger partial charge in [0.1, 0.15) is 17.4 Å². The maximum atomic E-state index is 12.7. The summed E-state index contributed by atoms with van der Waals surface area (Å²) in [6, 6.07) is 8.92. The lowest BCUT2D eigenvalue weighted by Gasteiger charge is -2.12. The summed E-state index contributed by atoms with van der Waals surface area (Å²) >= 11 is 0. The van der Waals surface area contributed by atoms with Crippen LogP contribution < -0.4 is 15.8 Å². The van der Waals surface area contributed by atoms with E-state index in [1.165, 1.54) is 7.11 Å². The van der Waals surface area contributed by atoms with Gasteiger partial charge in [0, 0.05) is 12.1 Å². The van der Waals surface area contributed by atoms with Gasteiger partial charge in [-0.05, 0) is 18.2 Å². The van der Waals surface area contributed by atoms with E-state index in [2.05, 4.69) is 10.3 Å². The molecule has 2 rings (SSSR count). The summed E-state index contributed by atoms with van der Waals surface area (Å²) in [4.78, 5) is 3.84. The third-order valence-electron chi connectivity index (χ3n) is 2.82. The monoisotopic (exact) mass is 297 g/mol. The summed E-state index contributed by atoms with van der Waals surface area (Å²) in [6.07, 6.45) is -4.46. The molecular formula is C14H14F3N3O. The van der Waals surface area contributed by atoms with E-state index in [1.54, 1.807) is 6.07 Å². The molecule has 4 nitrogen and oxygen atoms in total. The quantitative estimate of drug-likeness (QED) is 0.909. The van der Waals surface area contributed by atoms with E-state index in [4.69, 9.17) is 10.5 Å². The van der Waals surface area contributed by atoms with Crippen molar-refractivity contribution >= 4 is 11.6 Å². The minimum Gasteiger partial charge on any atom is -0.496 e. The van der Waals surface area contributed by atoms with Crippen LogP contribution in [0.4, 0.5) is 24.8 Å². The van der Waals surface area contributed by atoms with Gasteiger partial charge >= 0.3 is 6.18 Å². The van der Waals surface area contributed by atoms with Gasteiger partial charge in [-0.3, -0.25) is 0 Å². The van der Waals surface area contributed by atoms with E-state index in [1.807, 2.05) is 18.2 Å². The van der Waals surface area contributed by atoms with Crippen molar-refractivity contribution in [2.45, 2.75) is 12.7 Å². The number of benzene rings is 1. The molecule has 0 radical (unpaired) electrons. The zero-order chi connectivity index (χ0) is 15.5. The molecule has 1 aromatic carbocycles. The van der Waals surface area contributed by atoms with Gasteiger partial charge in [-0.1, -0.05) is 18.2 Å². The lowest BCUT2D eigenvalue weighted by atomic mass is 10.2. The fourth-order valence-corrected chi connectivity index (χ4v) is 1.84.